The summed E-state index contributed by atoms with van der Waals surface area (Å²) in [6, 6.07) is 9.12. The van der Waals surface area contributed by atoms with E-state index in [4.69, 9.17) is 22.1 Å². The summed E-state index contributed by atoms with van der Waals surface area (Å²) in [5.74, 6) is 1.12. The maximum absolute atomic E-state index is 5.74. The van der Waals surface area contributed by atoms with Crippen LogP contribution in [0.25, 0.3) is 0 Å². The molecule has 0 aliphatic carbocycles. The fourth-order valence-electron chi connectivity index (χ4n) is 1.27. The molecule has 1 aromatic heterocycles. The second kappa shape index (κ2) is 4.37. The van der Waals surface area contributed by atoms with Gasteiger partial charge in [0.2, 0.25) is 11.8 Å². The van der Waals surface area contributed by atoms with E-state index in [0.29, 0.717) is 11.6 Å². The lowest BCUT2D eigenvalue weighted by Gasteiger charge is -2.05. The fourth-order valence-corrected chi connectivity index (χ4v) is 1.45. The molecule has 0 unspecified atom stereocenters. The molecule has 2 aromatic rings. The lowest BCUT2D eigenvalue weighted by Crippen LogP contribution is -1.97. The lowest BCUT2D eigenvalue weighted by atomic mass is 10.2. The van der Waals surface area contributed by atoms with Gasteiger partial charge in [-0.3, -0.25) is 0 Å². The predicted molar refractivity (Wildman–Crippen MR) is 62.7 cm³/mol. The summed E-state index contributed by atoms with van der Waals surface area (Å²) in [6.07, 6.45) is 0. The minimum Gasteiger partial charge on any atom is -0.439 e. The van der Waals surface area contributed by atoms with Gasteiger partial charge in [0.15, 0.2) is 0 Å². The fraction of sp³-hybridized carbons (Fsp3) is 0.0909. The van der Waals surface area contributed by atoms with Gasteiger partial charge in [0.1, 0.15) is 10.9 Å². The second-order valence-electron chi connectivity index (χ2n) is 3.31. The predicted octanol–water partition coefficient (Wildman–Crippen LogP) is 2.81. The first-order valence-corrected chi connectivity index (χ1v) is 5.06. The molecule has 2 N–H and O–H groups in total. The van der Waals surface area contributed by atoms with Crippen molar-refractivity contribution in [3.8, 4) is 11.6 Å². The number of ether oxygens (including phenoxy) is 1. The van der Waals surface area contributed by atoms with Gasteiger partial charge in [-0.25, -0.2) is 4.98 Å². The third kappa shape index (κ3) is 2.61. The topological polar surface area (TPSA) is 61.0 Å². The second-order valence-corrected chi connectivity index (χ2v) is 3.69. The van der Waals surface area contributed by atoms with Gasteiger partial charge in [0.05, 0.1) is 0 Å². The van der Waals surface area contributed by atoms with Crippen LogP contribution in [-0.2, 0) is 0 Å². The van der Waals surface area contributed by atoms with Crippen LogP contribution in [0.3, 0.4) is 0 Å². The van der Waals surface area contributed by atoms with Crippen molar-refractivity contribution >= 4 is 17.5 Å². The van der Waals surface area contributed by atoms with E-state index >= 15 is 0 Å². The molecule has 16 heavy (non-hydrogen) atoms. The van der Waals surface area contributed by atoms with Crippen molar-refractivity contribution in [3.05, 3.63) is 41.0 Å². The number of rotatable bonds is 2. The number of anilines is 1. The lowest BCUT2D eigenvalue weighted by molar-refractivity contribution is 0.462. The van der Waals surface area contributed by atoms with Crippen LogP contribution in [-0.4, -0.2) is 9.97 Å². The van der Waals surface area contributed by atoms with E-state index in [9.17, 15) is 0 Å². The molecule has 0 radical (unpaired) electrons. The van der Waals surface area contributed by atoms with Crippen LogP contribution in [0.5, 0.6) is 11.6 Å². The summed E-state index contributed by atoms with van der Waals surface area (Å²) in [4.78, 5) is 7.66. The van der Waals surface area contributed by atoms with Crippen LogP contribution in [0.2, 0.25) is 5.15 Å². The molecule has 0 fully saturated rings. The SMILES string of the molecule is Cc1cccc(Oc2cc(Cl)nc(N)n2)c1. The zero-order valence-corrected chi connectivity index (χ0v) is 9.40. The molecule has 0 aliphatic heterocycles. The number of nitrogens with two attached hydrogens (primary N) is 1. The summed E-state index contributed by atoms with van der Waals surface area (Å²) in [6.45, 7) is 1.98. The summed E-state index contributed by atoms with van der Waals surface area (Å²) >= 11 is 5.74. The summed E-state index contributed by atoms with van der Waals surface area (Å²) < 4.78 is 5.51. The molecule has 0 amide bonds. The Morgan fingerprint density at radius 2 is 2.06 bits per heavy atom. The first-order valence-electron chi connectivity index (χ1n) is 4.68. The Labute approximate surface area is 98.0 Å². The van der Waals surface area contributed by atoms with Crippen molar-refractivity contribution < 1.29 is 4.74 Å². The van der Waals surface area contributed by atoms with Gasteiger partial charge in [-0.15, -0.1) is 0 Å². The van der Waals surface area contributed by atoms with E-state index in [0.717, 1.165) is 5.56 Å². The Hall–Kier alpha value is -1.81. The summed E-state index contributed by atoms with van der Waals surface area (Å²) in [5, 5.41) is 0.259. The number of halogens is 1. The Kier molecular flexibility index (Phi) is 2.92. The van der Waals surface area contributed by atoms with Gasteiger partial charge >= 0.3 is 0 Å². The van der Waals surface area contributed by atoms with Crippen LogP contribution >= 0.6 is 11.6 Å². The monoisotopic (exact) mass is 235 g/mol. The van der Waals surface area contributed by atoms with Crippen LogP contribution in [0.15, 0.2) is 30.3 Å². The molecule has 0 saturated carbocycles. The van der Waals surface area contributed by atoms with Crippen LogP contribution in [0.1, 0.15) is 5.56 Å². The van der Waals surface area contributed by atoms with E-state index in [2.05, 4.69) is 9.97 Å². The van der Waals surface area contributed by atoms with Gasteiger partial charge < -0.3 is 10.5 Å². The Morgan fingerprint density at radius 3 is 2.75 bits per heavy atom. The van der Waals surface area contributed by atoms with Crippen molar-refractivity contribution in [1.29, 1.82) is 0 Å². The molecule has 0 spiro atoms. The first kappa shape index (κ1) is 10.7. The zero-order valence-electron chi connectivity index (χ0n) is 8.64. The molecule has 4 nitrogen and oxygen atoms in total. The highest BCUT2D eigenvalue weighted by Gasteiger charge is 2.03. The van der Waals surface area contributed by atoms with E-state index in [-0.39, 0.29) is 11.1 Å². The highest BCUT2D eigenvalue weighted by atomic mass is 35.5. The standard InChI is InChI=1S/C11H10ClN3O/c1-7-3-2-4-8(5-7)16-10-6-9(12)14-11(13)15-10/h2-6H,1H3,(H2,13,14,15). The molecule has 2 rings (SSSR count). The van der Waals surface area contributed by atoms with E-state index in [1.807, 2.05) is 31.2 Å². The molecular weight excluding hydrogens is 226 g/mol. The van der Waals surface area contributed by atoms with Gasteiger partial charge in [0.25, 0.3) is 0 Å². The molecule has 0 aliphatic rings. The Morgan fingerprint density at radius 1 is 1.25 bits per heavy atom. The third-order valence-corrected chi connectivity index (χ3v) is 2.09. The molecule has 0 atom stereocenters. The maximum Gasteiger partial charge on any atom is 0.225 e. The summed E-state index contributed by atoms with van der Waals surface area (Å²) in [5.41, 5.74) is 6.56. The van der Waals surface area contributed by atoms with E-state index in [1.54, 1.807) is 0 Å². The minimum absolute atomic E-state index is 0.0927. The summed E-state index contributed by atoms with van der Waals surface area (Å²) in [7, 11) is 0. The van der Waals surface area contributed by atoms with Gasteiger partial charge in [-0.05, 0) is 24.6 Å². The van der Waals surface area contributed by atoms with Crippen molar-refractivity contribution in [1.82, 2.24) is 9.97 Å². The Balaban J connectivity index is 2.27. The molecule has 1 aromatic carbocycles. The van der Waals surface area contributed by atoms with Crippen molar-refractivity contribution in [2.24, 2.45) is 0 Å². The van der Waals surface area contributed by atoms with Crippen LogP contribution in [0, 0.1) is 6.92 Å². The minimum atomic E-state index is 0.0927. The molecule has 5 heteroatoms. The molecule has 1 heterocycles. The molecular formula is C11H10ClN3O. The van der Waals surface area contributed by atoms with Gasteiger partial charge in [-0.1, -0.05) is 23.7 Å². The van der Waals surface area contributed by atoms with Crippen molar-refractivity contribution in [2.75, 3.05) is 5.73 Å². The van der Waals surface area contributed by atoms with Gasteiger partial charge in [0, 0.05) is 6.07 Å². The molecule has 82 valence electrons. The zero-order chi connectivity index (χ0) is 11.5. The Bertz CT molecular complexity index is 496. The number of aromatic nitrogens is 2. The quantitative estimate of drug-likeness (QED) is 0.813. The van der Waals surface area contributed by atoms with Crippen molar-refractivity contribution in [3.63, 3.8) is 0 Å². The average Bonchev–Trinajstić information content (AvgIpc) is 2.15. The highest BCUT2D eigenvalue weighted by molar-refractivity contribution is 6.29. The number of nitrogen functional groups attached to an aromatic ring is 1. The number of hydrogen-bond donors (Lipinski definition) is 1. The van der Waals surface area contributed by atoms with Crippen molar-refractivity contribution in [2.45, 2.75) is 6.92 Å². The third-order valence-electron chi connectivity index (χ3n) is 1.90. The number of hydrogen-bond acceptors (Lipinski definition) is 4. The smallest absolute Gasteiger partial charge is 0.225 e. The largest absolute Gasteiger partial charge is 0.439 e. The normalized spacial score (nSPS) is 10.1. The highest BCUT2D eigenvalue weighted by Crippen LogP contribution is 2.22. The molecule has 0 bridgehead atoms. The number of benzene rings is 1. The first-order chi connectivity index (χ1) is 7.63. The van der Waals surface area contributed by atoms with E-state index in [1.165, 1.54) is 6.07 Å². The van der Waals surface area contributed by atoms with Crippen LogP contribution < -0.4 is 10.5 Å². The van der Waals surface area contributed by atoms with E-state index < -0.39 is 0 Å². The number of aryl methyl sites for hydroxylation is 1. The molecule has 0 saturated heterocycles. The average molecular weight is 236 g/mol. The van der Waals surface area contributed by atoms with Gasteiger partial charge in [-0.2, -0.15) is 4.98 Å². The maximum atomic E-state index is 5.74. The van der Waals surface area contributed by atoms with Crippen LogP contribution in [0.4, 0.5) is 5.95 Å². The number of nitrogens with zero attached hydrogens (tertiary/aromatic N) is 2.